The zero-order valence-corrected chi connectivity index (χ0v) is 13.6. The maximum atomic E-state index is 11.9. The minimum Gasteiger partial charge on any atom is -0.307 e. The molecule has 2 aromatic rings. The Balaban J connectivity index is 2.11. The van der Waals surface area contributed by atoms with Crippen molar-refractivity contribution >= 4 is 56.5 Å². The monoisotopic (exact) mass is 372 g/mol. The van der Waals surface area contributed by atoms with E-state index >= 15 is 0 Å². The average Bonchev–Trinajstić information content (AvgIpc) is 2.37. The summed E-state index contributed by atoms with van der Waals surface area (Å²) in [6.07, 6.45) is 0. The summed E-state index contributed by atoms with van der Waals surface area (Å²) in [4.78, 5) is 11.9. The van der Waals surface area contributed by atoms with E-state index in [0.717, 1.165) is 15.7 Å². The molecule has 0 heterocycles. The third-order valence-electron chi connectivity index (χ3n) is 2.61. The molecule has 0 aliphatic carbocycles. The van der Waals surface area contributed by atoms with Crippen molar-refractivity contribution in [1.29, 1.82) is 0 Å². The minimum absolute atomic E-state index is 0.375. The highest BCUT2D eigenvalue weighted by atomic mass is 79.9. The maximum Gasteiger partial charge on any atom is 0.323 e. The number of carbonyl (C=O) groups excluding carboxylic acids is 1. The van der Waals surface area contributed by atoms with Gasteiger partial charge in [-0.25, -0.2) is 4.79 Å². The van der Waals surface area contributed by atoms with Gasteiger partial charge in [0.1, 0.15) is 0 Å². The Kier molecular flexibility index (Phi) is 4.91. The number of halogens is 3. The van der Waals surface area contributed by atoms with Gasteiger partial charge in [0.2, 0.25) is 0 Å². The molecule has 0 saturated heterocycles. The Bertz CT molecular complexity index is 662. The number of anilines is 2. The van der Waals surface area contributed by atoms with Gasteiger partial charge in [-0.2, -0.15) is 0 Å². The smallest absolute Gasteiger partial charge is 0.307 e. The largest absolute Gasteiger partial charge is 0.323 e. The Morgan fingerprint density at radius 3 is 2.45 bits per heavy atom. The van der Waals surface area contributed by atoms with Crippen LogP contribution in [0.1, 0.15) is 5.56 Å². The van der Waals surface area contributed by atoms with E-state index < -0.39 is 0 Å². The van der Waals surface area contributed by atoms with E-state index in [2.05, 4.69) is 26.6 Å². The Morgan fingerprint density at radius 1 is 1.05 bits per heavy atom. The van der Waals surface area contributed by atoms with Crippen molar-refractivity contribution in [3.63, 3.8) is 0 Å². The number of aryl methyl sites for hydroxylation is 1. The van der Waals surface area contributed by atoms with Gasteiger partial charge in [-0.3, -0.25) is 0 Å². The van der Waals surface area contributed by atoms with Gasteiger partial charge in [0, 0.05) is 15.2 Å². The molecule has 2 N–H and O–H groups in total. The molecule has 104 valence electrons. The predicted molar refractivity (Wildman–Crippen MR) is 88.0 cm³/mol. The summed E-state index contributed by atoms with van der Waals surface area (Å²) in [5.41, 5.74) is 2.14. The summed E-state index contributed by atoms with van der Waals surface area (Å²) < 4.78 is 0.957. The van der Waals surface area contributed by atoms with Crippen LogP contribution in [0.15, 0.2) is 40.9 Å². The third-order valence-corrected chi connectivity index (χ3v) is 3.67. The molecule has 3 nitrogen and oxygen atoms in total. The summed E-state index contributed by atoms with van der Waals surface area (Å²) in [5.74, 6) is 0. The number of carbonyl (C=O) groups is 1. The molecule has 0 fully saturated rings. The zero-order chi connectivity index (χ0) is 14.7. The maximum absolute atomic E-state index is 11.9. The molecule has 0 bridgehead atoms. The summed E-state index contributed by atoms with van der Waals surface area (Å²) in [5, 5.41) is 6.36. The van der Waals surface area contributed by atoms with Gasteiger partial charge in [0.15, 0.2) is 0 Å². The Morgan fingerprint density at radius 2 is 1.75 bits per heavy atom. The first kappa shape index (κ1) is 15.2. The fraction of sp³-hybridized carbons (Fsp3) is 0.0714. The minimum atomic E-state index is -0.375. The fourth-order valence-corrected chi connectivity index (χ4v) is 2.45. The van der Waals surface area contributed by atoms with Gasteiger partial charge in [-0.15, -0.1) is 0 Å². The molecule has 6 heteroatoms. The van der Waals surface area contributed by atoms with E-state index in [9.17, 15) is 4.79 Å². The van der Waals surface area contributed by atoms with Gasteiger partial charge in [-0.05, 0) is 48.9 Å². The van der Waals surface area contributed by atoms with Crippen LogP contribution in [0, 0.1) is 6.92 Å². The van der Waals surface area contributed by atoms with Crippen molar-refractivity contribution in [3.8, 4) is 0 Å². The topological polar surface area (TPSA) is 41.1 Å². The second-order valence-electron chi connectivity index (χ2n) is 4.16. The van der Waals surface area contributed by atoms with Crippen molar-refractivity contribution in [3.05, 3.63) is 56.5 Å². The van der Waals surface area contributed by atoms with Gasteiger partial charge < -0.3 is 10.6 Å². The van der Waals surface area contributed by atoms with Gasteiger partial charge in [-0.1, -0.05) is 39.1 Å². The van der Waals surface area contributed by atoms with Crippen LogP contribution in [0.3, 0.4) is 0 Å². The molecule has 0 aliphatic heterocycles. The van der Waals surface area contributed by atoms with Crippen LogP contribution in [0.25, 0.3) is 0 Å². The number of amides is 2. The Hall–Kier alpha value is -1.23. The molecule has 0 spiro atoms. The van der Waals surface area contributed by atoms with Crippen molar-refractivity contribution in [2.45, 2.75) is 6.92 Å². The molecular formula is C14H11BrCl2N2O. The van der Waals surface area contributed by atoms with Gasteiger partial charge in [0.25, 0.3) is 0 Å². The number of benzene rings is 2. The fourth-order valence-electron chi connectivity index (χ4n) is 1.64. The first-order chi connectivity index (χ1) is 9.45. The lowest BCUT2D eigenvalue weighted by Gasteiger charge is -2.11. The molecule has 2 amide bonds. The average molecular weight is 374 g/mol. The van der Waals surface area contributed by atoms with Crippen molar-refractivity contribution < 1.29 is 4.79 Å². The molecule has 0 unspecified atom stereocenters. The molecule has 2 aromatic carbocycles. The lowest BCUT2D eigenvalue weighted by atomic mass is 10.2. The van der Waals surface area contributed by atoms with Crippen molar-refractivity contribution in [1.82, 2.24) is 0 Å². The van der Waals surface area contributed by atoms with Gasteiger partial charge >= 0.3 is 6.03 Å². The van der Waals surface area contributed by atoms with E-state index in [1.54, 1.807) is 18.2 Å². The number of urea groups is 1. The first-order valence-corrected chi connectivity index (χ1v) is 7.30. The van der Waals surface area contributed by atoms with Crippen LogP contribution in [-0.4, -0.2) is 6.03 Å². The lowest BCUT2D eigenvalue weighted by molar-refractivity contribution is 0.262. The predicted octanol–water partition coefficient (Wildman–Crippen LogP) is 5.71. The van der Waals surface area contributed by atoms with Crippen LogP contribution < -0.4 is 10.6 Å². The highest BCUT2D eigenvalue weighted by Crippen LogP contribution is 2.26. The molecule has 2 rings (SSSR count). The van der Waals surface area contributed by atoms with Crippen LogP contribution in [0.5, 0.6) is 0 Å². The first-order valence-electron chi connectivity index (χ1n) is 5.75. The van der Waals surface area contributed by atoms with Gasteiger partial charge in [0.05, 0.1) is 10.7 Å². The standard InChI is InChI=1S/C14H11BrCl2N2O/c1-8-6-9(15)2-5-12(8)18-14(20)19-13-7-10(16)3-4-11(13)17/h2-7H,1H3,(H2,18,19,20). The highest BCUT2D eigenvalue weighted by molar-refractivity contribution is 9.10. The molecule has 0 aliphatic rings. The summed E-state index contributed by atoms with van der Waals surface area (Å²) in [6.45, 7) is 1.91. The number of hydrogen-bond acceptors (Lipinski definition) is 1. The second-order valence-corrected chi connectivity index (χ2v) is 5.92. The Labute approximate surface area is 135 Å². The normalized spacial score (nSPS) is 10.2. The van der Waals surface area contributed by atoms with E-state index in [0.29, 0.717) is 15.7 Å². The third kappa shape index (κ3) is 3.88. The summed E-state index contributed by atoms with van der Waals surface area (Å²) in [6, 6.07) is 10.1. The summed E-state index contributed by atoms with van der Waals surface area (Å²) >= 11 is 15.2. The highest BCUT2D eigenvalue weighted by Gasteiger charge is 2.08. The van der Waals surface area contributed by atoms with E-state index in [1.165, 1.54) is 0 Å². The van der Waals surface area contributed by atoms with Crippen LogP contribution >= 0.6 is 39.1 Å². The van der Waals surface area contributed by atoms with Crippen LogP contribution in [0.2, 0.25) is 10.0 Å². The van der Waals surface area contributed by atoms with Crippen LogP contribution in [-0.2, 0) is 0 Å². The molecule has 0 aromatic heterocycles. The lowest BCUT2D eigenvalue weighted by Crippen LogP contribution is -2.20. The van der Waals surface area contributed by atoms with Crippen molar-refractivity contribution in [2.75, 3.05) is 10.6 Å². The zero-order valence-electron chi connectivity index (χ0n) is 10.5. The van der Waals surface area contributed by atoms with E-state index in [1.807, 2.05) is 25.1 Å². The number of nitrogens with one attached hydrogen (secondary N) is 2. The SMILES string of the molecule is Cc1cc(Br)ccc1NC(=O)Nc1cc(Cl)ccc1Cl. The van der Waals surface area contributed by atoms with E-state index in [4.69, 9.17) is 23.2 Å². The number of rotatable bonds is 2. The number of hydrogen-bond donors (Lipinski definition) is 2. The molecule has 20 heavy (non-hydrogen) atoms. The van der Waals surface area contributed by atoms with E-state index in [-0.39, 0.29) is 6.03 Å². The quantitative estimate of drug-likeness (QED) is 0.695. The second kappa shape index (κ2) is 6.48. The van der Waals surface area contributed by atoms with Crippen molar-refractivity contribution in [2.24, 2.45) is 0 Å². The molecule has 0 atom stereocenters. The summed E-state index contributed by atoms with van der Waals surface area (Å²) in [7, 11) is 0. The van der Waals surface area contributed by atoms with Crippen LogP contribution in [0.4, 0.5) is 16.2 Å². The molecule has 0 saturated carbocycles. The molecule has 0 radical (unpaired) electrons. The molecular weight excluding hydrogens is 363 g/mol.